The summed E-state index contributed by atoms with van der Waals surface area (Å²) in [6.45, 7) is 1.91. The molecule has 0 aliphatic carbocycles. The van der Waals surface area contributed by atoms with Crippen LogP contribution in [-0.2, 0) is 29.5 Å². The smallest absolute Gasteiger partial charge is 0.314 e. The van der Waals surface area contributed by atoms with Crippen molar-refractivity contribution in [2.75, 3.05) is 6.61 Å². The Morgan fingerprint density at radius 2 is 2.08 bits per heavy atom. The van der Waals surface area contributed by atoms with Gasteiger partial charge in [-0.15, -0.1) is 0 Å². The predicted molar refractivity (Wildman–Crippen MR) is 82.8 cm³/mol. The van der Waals surface area contributed by atoms with Gasteiger partial charge >= 0.3 is 5.97 Å². The number of carbonyl (C=O) groups is 3. The van der Waals surface area contributed by atoms with Crippen molar-refractivity contribution in [2.24, 2.45) is 5.92 Å². The number of rotatable bonds is 3. The lowest BCUT2D eigenvalue weighted by Gasteiger charge is -2.38. The molecule has 7 heteroatoms. The van der Waals surface area contributed by atoms with E-state index in [0.29, 0.717) is 12.0 Å². The lowest BCUT2D eigenvalue weighted by Crippen LogP contribution is -2.59. The molecule has 0 aromatic heterocycles. The highest BCUT2D eigenvalue weighted by Gasteiger charge is 2.85. The largest absolute Gasteiger partial charge is 0.466 e. The minimum atomic E-state index is -1.73. The van der Waals surface area contributed by atoms with Crippen LogP contribution in [-0.4, -0.2) is 40.4 Å². The van der Waals surface area contributed by atoms with Gasteiger partial charge < -0.3 is 9.47 Å². The van der Waals surface area contributed by atoms with Gasteiger partial charge in [0.2, 0.25) is 5.91 Å². The van der Waals surface area contributed by atoms with Crippen molar-refractivity contribution < 1.29 is 23.9 Å². The Morgan fingerprint density at radius 1 is 1.38 bits per heavy atom. The van der Waals surface area contributed by atoms with Gasteiger partial charge in [0.25, 0.3) is 11.0 Å². The number of fused-ring (bicyclic) bond motifs is 2. The number of hydrogen-bond donors (Lipinski definition) is 0. The molecule has 3 saturated heterocycles. The molecule has 3 aliphatic heterocycles. The summed E-state index contributed by atoms with van der Waals surface area (Å²) in [6, 6.07) is 8.38. The number of esters is 1. The number of halogens is 1. The second-order valence-corrected chi connectivity index (χ2v) is 6.74. The number of imide groups is 1. The minimum absolute atomic E-state index is 0.199. The molecule has 0 N–H and O–H groups in total. The Hall–Kier alpha value is -1.92. The van der Waals surface area contributed by atoms with Gasteiger partial charge in [-0.2, -0.15) is 0 Å². The average molecular weight is 350 g/mol. The van der Waals surface area contributed by atoms with Crippen LogP contribution < -0.4 is 0 Å². The Bertz CT molecular complexity index is 738. The number of piperidine rings is 1. The van der Waals surface area contributed by atoms with Gasteiger partial charge in [0.1, 0.15) is 5.92 Å². The standard InChI is InChI=1S/C17H16ClNO5/c1-2-23-14(21)13-11-8-9-12(20)19(11)15(22)17(18)16(13,24-17)10-6-4-3-5-7-10/h3-7,11,13H,2,8-9H2,1H3. The van der Waals surface area contributed by atoms with E-state index in [2.05, 4.69) is 0 Å². The van der Waals surface area contributed by atoms with Crippen molar-refractivity contribution in [3.8, 4) is 0 Å². The van der Waals surface area contributed by atoms with Gasteiger partial charge in [0, 0.05) is 6.42 Å². The molecule has 0 radical (unpaired) electrons. The van der Waals surface area contributed by atoms with Gasteiger partial charge in [-0.1, -0.05) is 41.9 Å². The van der Waals surface area contributed by atoms with Crippen molar-refractivity contribution in [2.45, 2.75) is 36.5 Å². The highest BCUT2D eigenvalue weighted by Crippen LogP contribution is 2.68. The maximum absolute atomic E-state index is 12.8. The van der Waals surface area contributed by atoms with Crippen LogP contribution in [0.5, 0.6) is 0 Å². The van der Waals surface area contributed by atoms with Gasteiger partial charge in [-0.05, 0) is 18.9 Å². The summed E-state index contributed by atoms with van der Waals surface area (Å²) in [7, 11) is 0. The molecule has 3 heterocycles. The molecule has 4 unspecified atom stereocenters. The van der Waals surface area contributed by atoms with Crippen molar-refractivity contribution in [1.29, 1.82) is 0 Å². The quantitative estimate of drug-likeness (QED) is 0.358. The second-order valence-electron chi connectivity index (χ2n) is 6.20. The molecule has 1 aromatic rings. The van der Waals surface area contributed by atoms with E-state index in [1.54, 1.807) is 31.2 Å². The SMILES string of the molecule is CCOC(=O)C1C2CCC(=O)N2C(=O)C2(Cl)OC12c1ccccc1. The first kappa shape index (κ1) is 15.6. The van der Waals surface area contributed by atoms with Gasteiger partial charge in [0.05, 0.1) is 12.6 Å². The van der Waals surface area contributed by atoms with Crippen LogP contribution in [0, 0.1) is 5.92 Å². The maximum Gasteiger partial charge on any atom is 0.314 e. The Kier molecular flexibility index (Phi) is 3.27. The molecule has 3 fully saturated rings. The van der Waals surface area contributed by atoms with Crippen molar-refractivity contribution in [3.05, 3.63) is 35.9 Å². The fourth-order valence-electron chi connectivity index (χ4n) is 4.04. The first-order valence-electron chi connectivity index (χ1n) is 7.95. The summed E-state index contributed by atoms with van der Waals surface area (Å²) in [5.41, 5.74) is -0.643. The van der Waals surface area contributed by atoms with Gasteiger partial charge in [-0.25, -0.2) is 0 Å². The normalized spacial score (nSPS) is 37.0. The molecule has 6 nitrogen and oxygen atoms in total. The number of alkyl halides is 1. The zero-order chi connectivity index (χ0) is 17.1. The molecule has 0 saturated carbocycles. The van der Waals surface area contributed by atoms with Crippen LogP contribution in [0.15, 0.2) is 30.3 Å². The number of benzene rings is 1. The van der Waals surface area contributed by atoms with E-state index in [-0.39, 0.29) is 18.9 Å². The second kappa shape index (κ2) is 5.04. The fraction of sp³-hybridized carbons (Fsp3) is 0.471. The summed E-state index contributed by atoms with van der Waals surface area (Å²) < 4.78 is 11.0. The van der Waals surface area contributed by atoms with Crippen LogP contribution in [0.1, 0.15) is 25.3 Å². The highest BCUT2D eigenvalue weighted by atomic mass is 35.5. The molecule has 4 atom stereocenters. The minimum Gasteiger partial charge on any atom is -0.466 e. The molecule has 0 spiro atoms. The maximum atomic E-state index is 12.8. The fourth-order valence-corrected chi connectivity index (χ4v) is 4.48. The summed E-state index contributed by atoms with van der Waals surface area (Å²) in [4.78, 5) is 38.7. The Balaban J connectivity index is 1.87. The molecule has 24 heavy (non-hydrogen) atoms. The van der Waals surface area contributed by atoms with Crippen molar-refractivity contribution in [1.82, 2.24) is 4.90 Å². The number of epoxide rings is 1. The zero-order valence-corrected chi connectivity index (χ0v) is 13.8. The van der Waals surface area contributed by atoms with Gasteiger partial charge in [0.15, 0.2) is 5.60 Å². The Labute approximate surface area is 143 Å². The number of ether oxygens (including phenoxy) is 2. The topological polar surface area (TPSA) is 76.2 Å². The molecule has 0 bridgehead atoms. The summed E-state index contributed by atoms with van der Waals surface area (Å²) >= 11 is 6.49. The van der Waals surface area contributed by atoms with E-state index in [1.807, 2.05) is 6.07 Å². The highest BCUT2D eigenvalue weighted by molar-refractivity contribution is 6.38. The van der Waals surface area contributed by atoms with E-state index in [0.717, 1.165) is 4.90 Å². The number of amides is 2. The number of hydrogen-bond acceptors (Lipinski definition) is 5. The predicted octanol–water partition coefficient (Wildman–Crippen LogP) is 1.56. The third kappa shape index (κ3) is 1.73. The molecule has 3 aliphatic rings. The summed E-state index contributed by atoms with van der Waals surface area (Å²) in [5, 5.41) is -1.73. The van der Waals surface area contributed by atoms with E-state index in [4.69, 9.17) is 21.1 Å². The van der Waals surface area contributed by atoms with Crippen LogP contribution >= 0.6 is 11.6 Å². The van der Waals surface area contributed by atoms with E-state index in [9.17, 15) is 14.4 Å². The lowest BCUT2D eigenvalue weighted by atomic mass is 9.74. The van der Waals surface area contributed by atoms with Crippen LogP contribution in [0.2, 0.25) is 0 Å². The molecule has 4 rings (SSSR count). The average Bonchev–Trinajstić information content (AvgIpc) is 3.06. The Morgan fingerprint density at radius 3 is 2.75 bits per heavy atom. The molecule has 1 aromatic carbocycles. The lowest BCUT2D eigenvalue weighted by molar-refractivity contribution is -0.159. The summed E-state index contributed by atoms with van der Waals surface area (Å²) in [6.07, 6.45) is 0.614. The van der Waals surface area contributed by atoms with Gasteiger partial charge in [-0.3, -0.25) is 19.3 Å². The van der Waals surface area contributed by atoms with Crippen LogP contribution in [0.3, 0.4) is 0 Å². The third-order valence-electron chi connectivity index (χ3n) is 5.05. The first-order valence-corrected chi connectivity index (χ1v) is 8.33. The van der Waals surface area contributed by atoms with E-state index >= 15 is 0 Å². The number of carbonyl (C=O) groups excluding carboxylic acids is 3. The molecular weight excluding hydrogens is 334 g/mol. The van der Waals surface area contributed by atoms with E-state index in [1.165, 1.54) is 0 Å². The molecule has 2 amide bonds. The number of nitrogens with zero attached hydrogens (tertiary/aromatic N) is 1. The summed E-state index contributed by atoms with van der Waals surface area (Å²) in [5.74, 6) is -2.24. The van der Waals surface area contributed by atoms with E-state index < -0.39 is 34.5 Å². The molecular formula is C17H16ClNO5. The van der Waals surface area contributed by atoms with Crippen LogP contribution in [0.4, 0.5) is 0 Å². The third-order valence-corrected chi connectivity index (χ3v) is 5.57. The van der Waals surface area contributed by atoms with Crippen LogP contribution in [0.25, 0.3) is 0 Å². The van der Waals surface area contributed by atoms with Crippen molar-refractivity contribution in [3.63, 3.8) is 0 Å². The molecule has 126 valence electrons. The monoisotopic (exact) mass is 349 g/mol. The van der Waals surface area contributed by atoms with Crippen molar-refractivity contribution >= 4 is 29.4 Å². The first-order chi connectivity index (χ1) is 11.5. The zero-order valence-electron chi connectivity index (χ0n) is 13.0.